The van der Waals surface area contributed by atoms with E-state index in [-0.39, 0.29) is 5.75 Å². The molecular weight excluding hydrogens is 244 g/mol. The van der Waals surface area contributed by atoms with Crippen molar-refractivity contribution in [3.8, 4) is 0 Å². The Hall–Kier alpha value is -0.660. The van der Waals surface area contributed by atoms with E-state index in [2.05, 4.69) is 10.2 Å². The minimum atomic E-state index is -3.40. The lowest BCUT2D eigenvalue weighted by molar-refractivity contribution is -0.146. The standard InChI is InChI=1S/C10H22N2O4S/c1-6-7-17(14,15)12-8(2)9(13)11-16-10(3,4)5/h8,12H,6-7H2,1-5H3,(H,11,13). The summed E-state index contributed by atoms with van der Waals surface area (Å²) in [7, 11) is -3.40. The minimum absolute atomic E-state index is 0.00471. The van der Waals surface area contributed by atoms with Crippen LogP contribution in [0.4, 0.5) is 0 Å². The molecule has 6 nitrogen and oxygen atoms in total. The van der Waals surface area contributed by atoms with Crippen LogP contribution in [0.25, 0.3) is 0 Å². The highest BCUT2D eigenvalue weighted by Crippen LogP contribution is 2.03. The van der Waals surface area contributed by atoms with Crippen LogP contribution in [-0.2, 0) is 19.7 Å². The molecule has 0 aliphatic rings. The highest BCUT2D eigenvalue weighted by atomic mass is 32.2. The smallest absolute Gasteiger partial charge is 0.261 e. The predicted molar refractivity (Wildman–Crippen MR) is 65.7 cm³/mol. The monoisotopic (exact) mass is 266 g/mol. The zero-order chi connectivity index (χ0) is 13.7. The van der Waals surface area contributed by atoms with Gasteiger partial charge in [0.25, 0.3) is 5.91 Å². The molecule has 1 unspecified atom stereocenters. The molecule has 0 heterocycles. The third-order valence-corrected chi connectivity index (χ3v) is 3.34. The van der Waals surface area contributed by atoms with Gasteiger partial charge < -0.3 is 0 Å². The molecule has 2 N–H and O–H groups in total. The molecule has 0 rings (SSSR count). The van der Waals surface area contributed by atoms with Crippen LogP contribution < -0.4 is 10.2 Å². The van der Waals surface area contributed by atoms with E-state index < -0.39 is 27.6 Å². The Labute approximate surface area is 103 Å². The molecule has 0 aliphatic carbocycles. The normalized spacial score (nSPS) is 14.4. The molecular formula is C10H22N2O4S. The number of hydrogen-bond acceptors (Lipinski definition) is 4. The van der Waals surface area contributed by atoms with Crippen molar-refractivity contribution in [2.75, 3.05) is 5.75 Å². The maximum absolute atomic E-state index is 11.5. The van der Waals surface area contributed by atoms with Gasteiger partial charge in [0.15, 0.2) is 0 Å². The van der Waals surface area contributed by atoms with Gasteiger partial charge in [0.1, 0.15) is 0 Å². The number of hydroxylamine groups is 1. The third-order valence-electron chi connectivity index (χ3n) is 1.68. The quantitative estimate of drug-likeness (QED) is 0.688. The largest absolute Gasteiger partial charge is 0.271 e. The lowest BCUT2D eigenvalue weighted by Gasteiger charge is -2.21. The fourth-order valence-corrected chi connectivity index (χ4v) is 2.24. The molecule has 0 fully saturated rings. The van der Waals surface area contributed by atoms with E-state index in [9.17, 15) is 13.2 Å². The van der Waals surface area contributed by atoms with Crippen LogP contribution in [-0.4, -0.2) is 31.7 Å². The second kappa shape index (κ2) is 6.32. The van der Waals surface area contributed by atoms with Gasteiger partial charge in [0, 0.05) is 0 Å². The van der Waals surface area contributed by atoms with Crippen LogP contribution in [0, 0.1) is 0 Å². The van der Waals surface area contributed by atoms with Crippen LogP contribution in [0.3, 0.4) is 0 Å². The molecule has 1 amide bonds. The Morgan fingerprint density at radius 3 is 2.29 bits per heavy atom. The number of carbonyl (C=O) groups is 1. The van der Waals surface area contributed by atoms with Crippen molar-refractivity contribution >= 4 is 15.9 Å². The van der Waals surface area contributed by atoms with Crippen molar-refractivity contribution in [2.45, 2.75) is 52.7 Å². The molecule has 1 atom stereocenters. The summed E-state index contributed by atoms with van der Waals surface area (Å²) >= 11 is 0. The van der Waals surface area contributed by atoms with Crippen molar-refractivity contribution in [2.24, 2.45) is 0 Å². The summed E-state index contributed by atoms with van der Waals surface area (Å²) in [4.78, 5) is 16.6. The number of hydrogen-bond donors (Lipinski definition) is 2. The summed E-state index contributed by atoms with van der Waals surface area (Å²) in [6.45, 7) is 8.55. The first-order valence-electron chi connectivity index (χ1n) is 5.55. The Morgan fingerprint density at radius 2 is 1.88 bits per heavy atom. The Morgan fingerprint density at radius 1 is 1.35 bits per heavy atom. The maximum Gasteiger partial charge on any atom is 0.261 e. The molecule has 102 valence electrons. The average molecular weight is 266 g/mol. The van der Waals surface area contributed by atoms with E-state index in [1.54, 1.807) is 27.7 Å². The number of amides is 1. The summed E-state index contributed by atoms with van der Waals surface area (Å²) in [5.41, 5.74) is 1.70. The Kier molecular flexibility index (Phi) is 6.08. The lowest BCUT2D eigenvalue weighted by atomic mass is 10.2. The minimum Gasteiger partial charge on any atom is -0.271 e. The molecule has 0 aromatic rings. The summed E-state index contributed by atoms with van der Waals surface area (Å²) in [5.74, 6) is -0.510. The zero-order valence-corrected chi connectivity index (χ0v) is 11.8. The van der Waals surface area contributed by atoms with Crippen LogP contribution in [0.15, 0.2) is 0 Å². The van der Waals surface area contributed by atoms with E-state index in [0.717, 1.165) is 0 Å². The molecule has 0 aromatic carbocycles. The summed E-state index contributed by atoms with van der Waals surface area (Å²) in [6, 6.07) is -0.853. The Balaban J connectivity index is 4.24. The first-order valence-corrected chi connectivity index (χ1v) is 7.20. The van der Waals surface area contributed by atoms with Gasteiger partial charge in [-0.2, -0.15) is 0 Å². The molecule has 0 aromatic heterocycles. The highest BCUT2D eigenvalue weighted by Gasteiger charge is 2.21. The van der Waals surface area contributed by atoms with Gasteiger partial charge in [0.05, 0.1) is 17.4 Å². The number of carbonyl (C=O) groups excluding carboxylic acids is 1. The van der Waals surface area contributed by atoms with E-state index in [4.69, 9.17) is 4.84 Å². The third kappa shape index (κ3) is 8.12. The predicted octanol–water partition coefficient (Wildman–Crippen LogP) is 0.551. The van der Waals surface area contributed by atoms with E-state index in [1.807, 2.05) is 0 Å². The molecule has 0 radical (unpaired) electrons. The molecule has 0 spiro atoms. The lowest BCUT2D eigenvalue weighted by Crippen LogP contribution is -2.47. The van der Waals surface area contributed by atoms with Crippen LogP contribution in [0.2, 0.25) is 0 Å². The second-order valence-electron chi connectivity index (χ2n) is 4.84. The van der Waals surface area contributed by atoms with E-state index in [1.165, 1.54) is 6.92 Å². The zero-order valence-electron chi connectivity index (χ0n) is 11.0. The SMILES string of the molecule is CCCS(=O)(=O)NC(C)C(=O)NOC(C)(C)C. The van der Waals surface area contributed by atoms with Crippen molar-refractivity contribution in [1.82, 2.24) is 10.2 Å². The summed E-state index contributed by atoms with van der Waals surface area (Å²) < 4.78 is 25.1. The van der Waals surface area contributed by atoms with Gasteiger partial charge >= 0.3 is 0 Å². The number of sulfonamides is 1. The second-order valence-corrected chi connectivity index (χ2v) is 6.71. The fourth-order valence-electron chi connectivity index (χ4n) is 0.942. The number of rotatable bonds is 6. The van der Waals surface area contributed by atoms with Crippen molar-refractivity contribution in [3.05, 3.63) is 0 Å². The molecule has 0 aliphatic heterocycles. The van der Waals surface area contributed by atoms with Gasteiger partial charge in [-0.1, -0.05) is 6.92 Å². The molecule has 0 bridgehead atoms. The highest BCUT2D eigenvalue weighted by molar-refractivity contribution is 7.89. The molecule has 7 heteroatoms. The fraction of sp³-hybridized carbons (Fsp3) is 0.900. The van der Waals surface area contributed by atoms with Crippen LogP contribution in [0.5, 0.6) is 0 Å². The van der Waals surface area contributed by atoms with Gasteiger partial charge in [-0.3, -0.25) is 9.63 Å². The van der Waals surface area contributed by atoms with Gasteiger partial charge in [0.2, 0.25) is 10.0 Å². The van der Waals surface area contributed by atoms with E-state index >= 15 is 0 Å². The van der Waals surface area contributed by atoms with E-state index in [0.29, 0.717) is 6.42 Å². The topological polar surface area (TPSA) is 84.5 Å². The van der Waals surface area contributed by atoms with Crippen molar-refractivity contribution in [3.63, 3.8) is 0 Å². The van der Waals surface area contributed by atoms with Gasteiger partial charge in [-0.25, -0.2) is 18.6 Å². The van der Waals surface area contributed by atoms with Gasteiger partial charge in [-0.05, 0) is 34.1 Å². The number of nitrogens with one attached hydrogen (secondary N) is 2. The molecule has 17 heavy (non-hydrogen) atoms. The van der Waals surface area contributed by atoms with Crippen LogP contribution in [0.1, 0.15) is 41.0 Å². The average Bonchev–Trinajstić information content (AvgIpc) is 2.11. The first-order chi connectivity index (χ1) is 7.57. The maximum atomic E-state index is 11.5. The first kappa shape index (κ1) is 16.3. The summed E-state index contributed by atoms with van der Waals surface area (Å²) in [5, 5.41) is 0. The molecule has 0 saturated carbocycles. The van der Waals surface area contributed by atoms with Gasteiger partial charge in [-0.15, -0.1) is 0 Å². The van der Waals surface area contributed by atoms with Crippen molar-refractivity contribution < 1.29 is 18.0 Å². The summed E-state index contributed by atoms with van der Waals surface area (Å²) in [6.07, 6.45) is 0.502. The molecule has 0 saturated heterocycles. The van der Waals surface area contributed by atoms with Crippen LogP contribution >= 0.6 is 0 Å². The van der Waals surface area contributed by atoms with Crippen molar-refractivity contribution in [1.29, 1.82) is 0 Å². The Bertz CT molecular complexity index is 346.